The standard InChI is InChI=1S/C13H18ClFN2O2/c1-2-5-17(6-7-18)9-13(19)16-12-4-3-10(15)8-11(12)14/h3-4,8,18H,2,5-7,9H2,1H3,(H,16,19). The van der Waals surface area contributed by atoms with Gasteiger partial charge < -0.3 is 10.4 Å². The van der Waals surface area contributed by atoms with Crippen LogP contribution in [0.25, 0.3) is 0 Å². The fourth-order valence-corrected chi connectivity index (χ4v) is 1.93. The van der Waals surface area contributed by atoms with Gasteiger partial charge in [-0.05, 0) is 31.2 Å². The van der Waals surface area contributed by atoms with Gasteiger partial charge in [-0.2, -0.15) is 0 Å². The third-order valence-corrected chi connectivity index (χ3v) is 2.84. The number of nitrogens with zero attached hydrogens (tertiary/aromatic N) is 1. The Hall–Kier alpha value is -1.17. The third-order valence-electron chi connectivity index (χ3n) is 2.53. The van der Waals surface area contributed by atoms with Gasteiger partial charge in [0.05, 0.1) is 23.9 Å². The van der Waals surface area contributed by atoms with Crippen LogP contribution in [0.3, 0.4) is 0 Å². The van der Waals surface area contributed by atoms with E-state index < -0.39 is 5.82 Å². The third kappa shape index (κ3) is 5.55. The van der Waals surface area contributed by atoms with Gasteiger partial charge in [-0.15, -0.1) is 0 Å². The van der Waals surface area contributed by atoms with Crippen molar-refractivity contribution >= 4 is 23.2 Å². The molecule has 0 aromatic heterocycles. The van der Waals surface area contributed by atoms with E-state index in [0.717, 1.165) is 19.0 Å². The van der Waals surface area contributed by atoms with Gasteiger partial charge in [0.2, 0.25) is 5.91 Å². The molecule has 0 heterocycles. The highest BCUT2D eigenvalue weighted by molar-refractivity contribution is 6.33. The van der Waals surface area contributed by atoms with Crippen molar-refractivity contribution in [3.63, 3.8) is 0 Å². The Labute approximate surface area is 117 Å². The highest BCUT2D eigenvalue weighted by atomic mass is 35.5. The van der Waals surface area contributed by atoms with Crippen molar-refractivity contribution in [2.75, 3.05) is 31.6 Å². The summed E-state index contributed by atoms with van der Waals surface area (Å²) in [5.74, 6) is -0.689. The molecule has 0 fully saturated rings. The summed E-state index contributed by atoms with van der Waals surface area (Å²) < 4.78 is 12.9. The Balaban J connectivity index is 2.58. The average molecular weight is 289 g/mol. The number of aliphatic hydroxyl groups is 1. The number of anilines is 1. The molecule has 2 N–H and O–H groups in total. The molecular formula is C13H18ClFN2O2. The number of benzene rings is 1. The molecule has 19 heavy (non-hydrogen) atoms. The topological polar surface area (TPSA) is 52.6 Å². The number of amides is 1. The number of hydrogen-bond donors (Lipinski definition) is 2. The van der Waals surface area contributed by atoms with Crippen LogP contribution >= 0.6 is 11.6 Å². The highest BCUT2D eigenvalue weighted by Gasteiger charge is 2.11. The Bertz CT molecular complexity index is 423. The summed E-state index contributed by atoms with van der Waals surface area (Å²) in [6, 6.07) is 3.81. The minimum absolute atomic E-state index is 0.00455. The van der Waals surface area contributed by atoms with Crippen LogP contribution in [0.2, 0.25) is 5.02 Å². The van der Waals surface area contributed by atoms with Crippen molar-refractivity contribution in [1.29, 1.82) is 0 Å². The highest BCUT2D eigenvalue weighted by Crippen LogP contribution is 2.22. The fourth-order valence-electron chi connectivity index (χ4n) is 1.71. The number of rotatable bonds is 7. The Morgan fingerprint density at radius 1 is 1.47 bits per heavy atom. The van der Waals surface area contributed by atoms with Gasteiger partial charge in [-0.3, -0.25) is 9.69 Å². The minimum Gasteiger partial charge on any atom is -0.395 e. The van der Waals surface area contributed by atoms with E-state index in [4.69, 9.17) is 16.7 Å². The molecule has 0 radical (unpaired) electrons. The van der Waals surface area contributed by atoms with Crippen molar-refractivity contribution in [2.45, 2.75) is 13.3 Å². The van der Waals surface area contributed by atoms with Crippen molar-refractivity contribution in [3.8, 4) is 0 Å². The normalized spacial score (nSPS) is 10.8. The average Bonchev–Trinajstić information content (AvgIpc) is 2.33. The zero-order chi connectivity index (χ0) is 14.3. The van der Waals surface area contributed by atoms with Crippen LogP contribution in [-0.4, -0.2) is 42.2 Å². The van der Waals surface area contributed by atoms with E-state index in [1.807, 2.05) is 11.8 Å². The fraction of sp³-hybridized carbons (Fsp3) is 0.462. The summed E-state index contributed by atoms with van der Waals surface area (Å²) in [5.41, 5.74) is 0.383. The zero-order valence-electron chi connectivity index (χ0n) is 10.8. The summed E-state index contributed by atoms with van der Waals surface area (Å²) in [5, 5.41) is 11.7. The largest absolute Gasteiger partial charge is 0.395 e. The maximum Gasteiger partial charge on any atom is 0.238 e. The number of hydrogen-bond acceptors (Lipinski definition) is 3. The quantitative estimate of drug-likeness (QED) is 0.808. The summed E-state index contributed by atoms with van der Waals surface area (Å²) >= 11 is 5.82. The summed E-state index contributed by atoms with van der Waals surface area (Å²) in [7, 11) is 0. The van der Waals surface area contributed by atoms with Crippen molar-refractivity contribution in [3.05, 3.63) is 29.0 Å². The summed E-state index contributed by atoms with van der Waals surface area (Å²) in [6.45, 7) is 3.34. The van der Waals surface area contributed by atoms with Gasteiger partial charge in [0.25, 0.3) is 0 Å². The van der Waals surface area contributed by atoms with E-state index in [-0.39, 0.29) is 24.1 Å². The predicted octanol–water partition coefficient (Wildman–Crippen LogP) is 2.12. The minimum atomic E-state index is -0.448. The molecule has 0 spiro atoms. The van der Waals surface area contributed by atoms with Crippen LogP contribution in [-0.2, 0) is 4.79 Å². The lowest BCUT2D eigenvalue weighted by Crippen LogP contribution is -2.35. The van der Waals surface area contributed by atoms with Crippen LogP contribution in [0, 0.1) is 5.82 Å². The maximum absolute atomic E-state index is 12.9. The Kier molecular flexibility index (Phi) is 6.77. The number of nitrogens with one attached hydrogen (secondary N) is 1. The summed E-state index contributed by atoms with van der Waals surface area (Å²) in [6.07, 6.45) is 0.893. The second kappa shape index (κ2) is 8.09. The first kappa shape index (κ1) is 15.9. The van der Waals surface area contributed by atoms with Crippen molar-refractivity contribution < 1.29 is 14.3 Å². The van der Waals surface area contributed by atoms with Gasteiger partial charge in [-0.25, -0.2) is 4.39 Å². The molecule has 0 atom stereocenters. The van der Waals surface area contributed by atoms with E-state index in [9.17, 15) is 9.18 Å². The molecule has 4 nitrogen and oxygen atoms in total. The number of carbonyl (C=O) groups excluding carboxylic acids is 1. The maximum atomic E-state index is 12.9. The number of carbonyl (C=O) groups is 1. The molecule has 6 heteroatoms. The van der Waals surface area contributed by atoms with E-state index in [1.54, 1.807) is 0 Å². The van der Waals surface area contributed by atoms with Crippen molar-refractivity contribution in [2.24, 2.45) is 0 Å². The lowest BCUT2D eigenvalue weighted by molar-refractivity contribution is -0.117. The van der Waals surface area contributed by atoms with Gasteiger partial charge >= 0.3 is 0 Å². The van der Waals surface area contributed by atoms with Crippen LogP contribution in [0.4, 0.5) is 10.1 Å². The second-order valence-corrected chi connectivity index (χ2v) is 4.58. The summed E-state index contributed by atoms with van der Waals surface area (Å²) in [4.78, 5) is 13.7. The second-order valence-electron chi connectivity index (χ2n) is 4.17. The van der Waals surface area contributed by atoms with Crippen LogP contribution < -0.4 is 5.32 Å². The van der Waals surface area contributed by atoms with Gasteiger partial charge in [0.1, 0.15) is 5.82 Å². The molecule has 1 rings (SSSR count). The number of halogens is 2. The molecule has 0 aliphatic carbocycles. The number of aliphatic hydroxyl groups excluding tert-OH is 1. The lowest BCUT2D eigenvalue weighted by atomic mass is 10.3. The van der Waals surface area contributed by atoms with Gasteiger partial charge in [0, 0.05) is 6.54 Å². The van der Waals surface area contributed by atoms with E-state index in [1.165, 1.54) is 12.1 Å². The van der Waals surface area contributed by atoms with E-state index in [2.05, 4.69) is 5.32 Å². The molecule has 106 valence electrons. The molecule has 0 aliphatic rings. The Morgan fingerprint density at radius 2 is 2.21 bits per heavy atom. The van der Waals surface area contributed by atoms with E-state index in [0.29, 0.717) is 12.2 Å². The lowest BCUT2D eigenvalue weighted by Gasteiger charge is -2.19. The van der Waals surface area contributed by atoms with Crippen LogP contribution in [0.15, 0.2) is 18.2 Å². The molecule has 0 aliphatic heterocycles. The van der Waals surface area contributed by atoms with Crippen LogP contribution in [0.1, 0.15) is 13.3 Å². The molecular weight excluding hydrogens is 271 g/mol. The molecule has 0 saturated heterocycles. The first-order chi connectivity index (χ1) is 9.06. The molecule has 0 saturated carbocycles. The molecule has 0 unspecified atom stereocenters. The smallest absolute Gasteiger partial charge is 0.238 e. The Morgan fingerprint density at radius 3 is 2.79 bits per heavy atom. The molecule has 1 aromatic rings. The molecule has 0 bridgehead atoms. The van der Waals surface area contributed by atoms with Crippen LogP contribution in [0.5, 0.6) is 0 Å². The predicted molar refractivity (Wildman–Crippen MR) is 73.9 cm³/mol. The van der Waals surface area contributed by atoms with Gasteiger partial charge in [0.15, 0.2) is 0 Å². The SMILES string of the molecule is CCCN(CCO)CC(=O)Nc1ccc(F)cc1Cl. The zero-order valence-corrected chi connectivity index (χ0v) is 11.6. The molecule has 1 amide bonds. The van der Waals surface area contributed by atoms with Crippen molar-refractivity contribution in [1.82, 2.24) is 4.90 Å². The van der Waals surface area contributed by atoms with E-state index >= 15 is 0 Å². The first-order valence-electron chi connectivity index (χ1n) is 6.15. The molecule has 1 aromatic carbocycles. The van der Waals surface area contributed by atoms with Gasteiger partial charge in [-0.1, -0.05) is 18.5 Å². The monoisotopic (exact) mass is 288 g/mol. The first-order valence-corrected chi connectivity index (χ1v) is 6.52.